The molecule has 2 heteroatoms. The summed E-state index contributed by atoms with van der Waals surface area (Å²) < 4.78 is 0. The van der Waals surface area contributed by atoms with Crippen molar-refractivity contribution in [3.8, 4) is 0 Å². The molecule has 0 spiro atoms. The number of carbonyl (C=O) groups is 1. The summed E-state index contributed by atoms with van der Waals surface area (Å²) in [5.74, 6) is 0.929. The maximum absolute atomic E-state index is 13.1. The van der Waals surface area contributed by atoms with Gasteiger partial charge in [0.2, 0.25) is 0 Å². The van der Waals surface area contributed by atoms with Crippen LogP contribution in [0.1, 0.15) is 54.1 Å². The van der Waals surface area contributed by atoms with Crippen LogP contribution in [0, 0.1) is 19.8 Å². The monoisotopic (exact) mass is 273 g/mol. The summed E-state index contributed by atoms with van der Waals surface area (Å²) in [6.45, 7) is 6.44. The van der Waals surface area contributed by atoms with Crippen LogP contribution in [0.4, 0.5) is 0 Å². The number of likely N-dealkylation sites (N-methyl/N-ethyl adjacent to an activating group) is 1. The van der Waals surface area contributed by atoms with Gasteiger partial charge in [-0.25, -0.2) is 0 Å². The molecular formula is C18H27NO. The molecule has 0 radical (unpaired) electrons. The highest BCUT2D eigenvalue weighted by atomic mass is 16.1. The largest absolute Gasteiger partial charge is 0.297 e. The minimum absolute atomic E-state index is 0.303. The van der Waals surface area contributed by atoms with Gasteiger partial charge >= 0.3 is 0 Å². The SMILES string of the molecule is Cc1ccc(C(=O)C2(N(C)C)CCCC(C)C2)cc1C. The standard InChI is InChI=1S/C18H27NO/c1-13-7-6-10-18(12-13,19(4)5)17(20)16-9-8-14(2)15(3)11-16/h8-9,11,13H,6-7,10,12H2,1-5H3. The van der Waals surface area contributed by atoms with Gasteiger partial charge < -0.3 is 0 Å². The quantitative estimate of drug-likeness (QED) is 0.776. The fourth-order valence-corrected chi connectivity index (χ4v) is 3.49. The van der Waals surface area contributed by atoms with E-state index in [1.165, 1.54) is 17.5 Å². The highest BCUT2D eigenvalue weighted by Crippen LogP contribution is 2.38. The summed E-state index contributed by atoms with van der Waals surface area (Å²) in [5.41, 5.74) is 3.02. The first-order valence-corrected chi connectivity index (χ1v) is 7.66. The topological polar surface area (TPSA) is 20.3 Å². The van der Waals surface area contributed by atoms with Crippen LogP contribution in [-0.4, -0.2) is 30.3 Å². The summed E-state index contributed by atoms with van der Waals surface area (Å²) in [6.07, 6.45) is 4.35. The van der Waals surface area contributed by atoms with Crippen molar-refractivity contribution in [3.05, 3.63) is 34.9 Å². The van der Waals surface area contributed by atoms with Crippen molar-refractivity contribution in [1.82, 2.24) is 4.90 Å². The normalized spacial score (nSPS) is 26.8. The molecule has 1 saturated carbocycles. The summed E-state index contributed by atoms with van der Waals surface area (Å²) in [6, 6.07) is 6.12. The molecule has 1 aromatic rings. The van der Waals surface area contributed by atoms with E-state index < -0.39 is 0 Å². The minimum atomic E-state index is -0.306. The van der Waals surface area contributed by atoms with Crippen LogP contribution in [-0.2, 0) is 0 Å². The predicted octanol–water partition coefficient (Wildman–Crippen LogP) is 4.00. The molecule has 1 aliphatic carbocycles. The second kappa shape index (κ2) is 5.69. The molecule has 1 fully saturated rings. The lowest BCUT2D eigenvalue weighted by Crippen LogP contribution is -2.53. The van der Waals surface area contributed by atoms with E-state index in [1.54, 1.807) is 0 Å². The van der Waals surface area contributed by atoms with Crippen LogP contribution in [0.5, 0.6) is 0 Å². The minimum Gasteiger partial charge on any atom is -0.297 e. The lowest BCUT2D eigenvalue weighted by molar-refractivity contribution is 0.0486. The first kappa shape index (κ1) is 15.2. The molecule has 0 heterocycles. The molecule has 1 aliphatic rings. The molecule has 0 aromatic heterocycles. The van der Waals surface area contributed by atoms with Crippen molar-refractivity contribution in [1.29, 1.82) is 0 Å². The van der Waals surface area contributed by atoms with E-state index in [4.69, 9.17) is 0 Å². The van der Waals surface area contributed by atoms with Crippen molar-refractivity contribution >= 4 is 5.78 Å². The zero-order chi connectivity index (χ0) is 14.9. The maximum atomic E-state index is 13.1. The lowest BCUT2D eigenvalue weighted by Gasteiger charge is -2.44. The first-order valence-electron chi connectivity index (χ1n) is 7.66. The number of carbonyl (C=O) groups excluding carboxylic acids is 1. The highest BCUT2D eigenvalue weighted by Gasteiger charge is 2.43. The van der Waals surface area contributed by atoms with E-state index >= 15 is 0 Å². The average Bonchev–Trinajstić information content (AvgIpc) is 2.40. The Bertz CT molecular complexity index is 506. The Morgan fingerprint density at radius 1 is 1.25 bits per heavy atom. The summed E-state index contributed by atoms with van der Waals surface area (Å²) in [5, 5.41) is 0. The number of Topliss-reactive ketones (excluding diaryl/α,β-unsaturated/α-hetero) is 1. The molecule has 0 N–H and O–H groups in total. The van der Waals surface area contributed by atoms with Gasteiger partial charge in [0, 0.05) is 5.56 Å². The van der Waals surface area contributed by atoms with Gasteiger partial charge in [-0.1, -0.05) is 31.9 Å². The van der Waals surface area contributed by atoms with Crippen LogP contribution < -0.4 is 0 Å². The van der Waals surface area contributed by atoms with Crippen LogP contribution in [0.15, 0.2) is 18.2 Å². The van der Waals surface area contributed by atoms with Crippen LogP contribution in [0.2, 0.25) is 0 Å². The molecule has 0 saturated heterocycles. The molecule has 2 nitrogen and oxygen atoms in total. The van der Waals surface area contributed by atoms with Crippen molar-refractivity contribution in [2.75, 3.05) is 14.1 Å². The Balaban J connectivity index is 2.38. The number of hydrogen-bond donors (Lipinski definition) is 0. The summed E-state index contributed by atoms with van der Waals surface area (Å²) in [7, 11) is 4.11. The average molecular weight is 273 g/mol. The van der Waals surface area contributed by atoms with Crippen molar-refractivity contribution in [2.45, 2.75) is 52.0 Å². The second-order valence-corrected chi connectivity index (χ2v) is 6.76. The summed E-state index contributed by atoms with van der Waals surface area (Å²) >= 11 is 0. The molecular weight excluding hydrogens is 246 g/mol. The second-order valence-electron chi connectivity index (χ2n) is 6.76. The summed E-state index contributed by atoms with van der Waals surface area (Å²) in [4.78, 5) is 15.3. The van der Waals surface area contributed by atoms with E-state index in [0.717, 1.165) is 24.8 Å². The molecule has 1 aromatic carbocycles. The number of rotatable bonds is 3. The fraction of sp³-hybridized carbons (Fsp3) is 0.611. The molecule has 0 aliphatic heterocycles. The Labute approximate surface area is 123 Å². The predicted molar refractivity (Wildman–Crippen MR) is 84.3 cm³/mol. The van der Waals surface area contributed by atoms with Gasteiger partial charge in [0.25, 0.3) is 0 Å². The third-order valence-corrected chi connectivity index (χ3v) is 5.02. The highest BCUT2D eigenvalue weighted by molar-refractivity contribution is 6.03. The number of aryl methyl sites for hydroxylation is 2. The Morgan fingerprint density at radius 2 is 1.95 bits per heavy atom. The van der Waals surface area contributed by atoms with Crippen molar-refractivity contribution in [3.63, 3.8) is 0 Å². The molecule has 2 atom stereocenters. The fourth-order valence-electron chi connectivity index (χ4n) is 3.49. The van der Waals surface area contributed by atoms with E-state index in [0.29, 0.717) is 11.7 Å². The molecule has 0 bridgehead atoms. The van der Waals surface area contributed by atoms with Crippen molar-refractivity contribution in [2.24, 2.45) is 5.92 Å². The Morgan fingerprint density at radius 3 is 2.50 bits per heavy atom. The van der Waals surface area contributed by atoms with E-state index in [1.807, 2.05) is 6.07 Å². The number of hydrogen-bond acceptors (Lipinski definition) is 2. The number of ketones is 1. The smallest absolute Gasteiger partial charge is 0.183 e. The van der Waals surface area contributed by atoms with Crippen LogP contribution >= 0.6 is 0 Å². The zero-order valence-corrected chi connectivity index (χ0v) is 13.5. The third-order valence-electron chi connectivity index (χ3n) is 5.02. The molecule has 2 rings (SSSR count). The maximum Gasteiger partial charge on any atom is 0.183 e. The number of nitrogens with zero attached hydrogens (tertiary/aromatic N) is 1. The first-order chi connectivity index (χ1) is 9.36. The lowest BCUT2D eigenvalue weighted by atomic mass is 9.71. The molecule has 20 heavy (non-hydrogen) atoms. The molecule has 110 valence electrons. The van der Waals surface area contributed by atoms with Gasteiger partial charge in [0.15, 0.2) is 5.78 Å². The molecule has 0 amide bonds. The van der Waals surface area contributed by atoms with Crippen molar-refractivity contribution < 1.29 is 4.79 Å². The van der Waals surface area contributed by atoms with E-state index in [9.17, 15) is 4.79 Å². The third kappa shape index (κ3) is 2.67. The van der Waals surface area contributed by atoms with Gasteiger partial charge in [-0.3, -0.25) is 9.69 Å². The molecule has 2 unspecified atom stereocenters. The Kier molecular flexibility index (Phi) is 4.33. The number of benzene rings is 1. The van der Waals surface area contributed by atoms with Gasteiger partial charge in [-0.2, -0.15) is 0 Å². The van der Waals surface area contributed by atoms with Crippen LogP contribution in [0.3, 0.4) is 0 Å². The Hall–Kier alpha value is -1.15. The van der Waals surface area contributed by atoms with Gasteiger partial charge in [0.1, 0.15) is 0 Å². The van der Waals surface area contributed by atoms with Crippen LogP contribution in [0.25, 0.3) is 0 Å². The van der Waals surface area contributed by atoms with Gasteiger partial charge in [-0.15, -0.1) is 0 Å². The van der Waals surface area contributed by atoms with Gasteiger partial charge in [0.05, 0.1) is 5.54 Å². The van der Waals surface area contributed by atoms with Gasteiger partial charge in [-0.05, 0) is 63.9 Å². The zero-order valence-electron chi connectivity index (χ0n) is 13.5. The van der Waals surface area contributed by atoms with E-state index in [2.05, 4.69) is 51.9 Å². The van der Waals surface area contributed by atoms with E-state index in [-0.39, 0.29) is 5.54 Å².